The van der Waals surface area contributed by atoms with E-state index in [1.54, 1.807) is 14.1 Å². The van der Waals surface area contributed by atoms with E-state index in [0.717, 1.165) is 28.6 Å². The van der Waals surface area contributed by atoms with E-state index in [9.17, 15) is 31.1 Å². The molecule has 0 bridgehead atoms. The van der Waals surface area contributed by atoms with Gasteiger partial charge in [-0.1, -0.05) is 18.2 Å². The van der Waals surface area contributed by atoms with Crippen LogP contribution in [-0.4, -0.2) is 14.1 Å². The van der Waals surface area contributed by atoms with Gasteiger partial charge < -0.3 is 4.98 Å². The summed E-state index contributed by atoms with van der Waals surface area (Å²) in [5, 5.41) is 0.970. The molecule has 0 atom stereocenters. The van der Waals surface area contributed by atoms with E-state index in [0.29, 0.717) is 17.8 Å². The van der Waals surface area contributed by atoms with Gasteiger partial charge in [0.05, 0.1) is 11.1 Å². The highest BCUT2D eigenvalue weighted by Crippen LogP contribution is 2.36. The molecule has 0 aliphatic carbocycles. The number of fused-ring (bicyclic) bond motifs is 1. The summed E-state index contributed by atoms with van der Waals surface area (Å²) >= 11 is 0. The van der Waals surface area contributed by atoms with Gasteiger partial charge >= 0.3 is 18.0 Å². The first-order chi connectivity index (χ1) is 15.9. The minimum Gasteiger partial charge on any atom is -0.361 e. The van der Waals surface area contributed by atoms with Crippen LogP contribution in [0.3, 0.4) is 0 Å². The third kappa shape index (κ3) is 4.49. The van der Waals surface area contributed by atoms with Crippen molar-refractivity contribution in [1.82, 2.24) is 14.1 Å². The third-order valence-corrected chi connectivity index (χ3v) is 6.05. The number of nitrogens with zero attached hydrogens (tertiary/aromatic N) is 2. The van der Waals surface area contributed by atoms with Crippen LogP contribution in [0.4, 0.5) is 26.3 Å². The molecule has 0 saturated carbocycles. The lowest BCUT2D eigenvalue weighted by atomic mass is 9.99. The Labute approximate surface area is 190 Å². The van der Waals surface area contributed by atoms with Gasteiger partial charge in [0.15, 0.2) is 0 Å². The summed E-state index contributed by atoms with van der Waals surface area (Å²) in [5.74, 6) is 0. The van der Waals surface area contributed by atoms with Crippen molar-refractivity contribution in [3.05, 3.63) is 92.8 Å². The third-order valence-electron chi connectivity index (χ3n) is 6.05. The van der Waals surface area contributed by atoms with Crippen molar-refractivity contribution in [3.8, 4) is 0 Å². The second-order valence-electron chi connectivity index (χ2n) is 8.24. The fourth-order valence-corrected chi connectivity index (χ4v) is 4.26. The normalized spacial score (nSPS) is 12.6. The van der Waals surface area contributed by atoms with Gasteiger partial charge in [0, 0.05) is 49.0 Å². The van der Waals surface area contributed by atoms with Gasteiger partial charge in [0.1, 0.15) is 0 Å². The van der Waals surface area contributed by atoms with E-state index < -0.39 is 23.5 Å². The lowest BCUT2D eigenvalue weighted by Gasteiger charge is -2.14. The van der Waals surface area contributed by atoms with Crippen molar-refractivity contribution in [2.75, 3.05) is 0 Å². The molecular formula is C24H21F6N3O. The Kier molecular flexibility index (Phi) is 5.87. The molecule has 0 aliphatic heterocycles. The molecule has 0 spiro atoms. The van der Waals surface area contributed by atoms with Crippen molar-refractivity contribution in [2.45, 2.75) is 31.6 Å². The number of nitrogens with one attached hydrogen (secondary N) is 1. The number of alkyl halides is 6. The quantitative estimate of drug-likeness (QED) is 0.370. The number of aromatic nitrogens is 3. The maximum absolute atomic E-state index is 13.2. The summed E-state index contributed by atoms with van der Waals surface area (Å²) in [7, 11) is 3.14. The van der Waals surface area contributed by atoms with Crippen LogP contribution in [0.1, 0.15) is 33.6 Å². The Hall–Kier alpha value is -3.43. The summed E-state index contributed by atoms with van der Waals surface area (Å²) in [6.45, 7) is 0. The maximum Gasteiger partial charge on any atom is 0.416 e. The van der Waals surface area contributed by atoms with E-state index in [1.807, 2.05) is 30.5 Å². The van der Waals surface area contributed by atoms with Crippen LogP contribution in [0, 0.1) is 0 Å². The van der Waals surface area contributed by atoms with Gasteiger partial charge in [-0.05, 0) is 48.2 Å². The molecule has 4 aromatic rings. The summed E-state index contributed by atoms with van der Waals surface area (Å²) < 4.78 is 82.1. The largest absolute Gasteiger partial charge is 0.416 e. The molecule has 0 aliphatic rings. The minimum atomic E-state index is -4.91. The molecule has 180 valence electrons. The van der Waals surface area contributed by atoms with Crippen molar-refractivity contribution in [3.63, 3.8) is 0 Å². The molecule has 2 aromatic heterocycles. The van der Waals surface area contributed by atoms with E-state index in [-0.39, 0.29) is 30.2 Å². The van der Waals surface area contributed by atoms with E-state index in [2.05, 4.69) is 4.98 Å². The molecule has 2 aromatic carbocycles. The van der Waals surface area contributed by atoms with Crippen LogP contribution >= 0.6 is 0 Å². The molecule has 0 radical (unpaired) electrons. The summed E-state index contributed by atoms with van der Waals surface area (Å²) in [4.78, 5) is 15.8. The number of imidazole rings is 1. The molecule has 0 unspecified atom stereocenters. The smallest absolute Gasteiger partial charge is 0.361 e. The molecular weight excluding hydrogens is 460 g/mol. The zero-order valence-electron chi connectivity index (χ0n) is 18.3. The lowest BCUT2D eigenvalue weighted by molar-refractivity contribution is -0.143. The summed E-state index contributed by atoms with van der Waals surface area (Å²) in [6, 6.07) is 9.20. The number of benzene rings is 2. The first-order valence-electron chi connectivity index (χ1n) is 10.4. The SMILES string of the molecule is Cn1c(CCc2cc(C(F)(F)F)cc(C(F)(F)F)c2)c(Cc2c[nH]c3ccccc23)n(C)c1=O. The number of aryl methyl sites for hydroxylation is 1. The Morgan fingerprint density at radius 2 is 1.41 bits per heavy atom. The molecule has 0 amide bonds. The highest BCUT2D eigenvalue weighted by atomic mass is 19.4. The van der Waals surface area contributed by atoms with Gasteiger partial charge in [0.25, 0.3) is 0 Å². The zero-order chi connectivity index (χ0) is 24.8. The predicted octanol–water partition coefficient (Wildman–Crippen LogP) is 5.62. The molecule has 4 nitrogen and oxygen atoms in total. The molecule has 2 heterocycles. The molecule has 0 saturated heterocycles. The fraction of sp³-hybridized carbons (Fsp3) is 0.292. The van der Waals surface area contributed by atoms with Crippen LogP contribution in [0.15, 0.2) is 53.5 Å². The number of halogens is 6. The fourth-order valence-electron chi connectivity index (χ4n) is 4.26. The first kappa shape index (κ1) is 23.7. The highest BCUT2D eigenvalue weighted by Gasteiger charge is 2.36. The number of hydrogen-bond donors (Lipinski definition) is 1. The number of rotatable bonds is 5. The average molecular weight is 481 g/mol. The minimum absolute atomic E-state index is 0.0921. The Morgan fingerprint density at radius 3 is 2.03 bits per heavy atom. The van der Waals surface area contributed by atoms with Crippen LogP contribution in [0.25, 0.3) is 10.9 Å². The van der Waals surface area contributed by atoms with E-state index in [1.165, 1.54) is 9.13 Å². The van der Waals surface area contributed by atoms with Crippen molar-refractivity contribution in [1.29, 1.82) is 0 Å². The standard InChI is InChI=1S/C24H21F6N3O/c1-32-20(8-7-14-9-16(23(25,26)27)12-17(10-14)24(28,29)30)21(33(2)22(32)34)11-15-13-31-19-6-4-3-5-18(15)19/h3-6,9-10,12-13,31H,7-8,11H2,1-2H3. The molecule has 4 rings (SSSR count). The van der Waals surface area contributed by atoms with Crippen LogP contribution in [0.2, 0.25) is 0 Å². The van der Waals surface area contributed by atoms with Gasteiger partial charge in [-0.15, -0.1) is 0 Å². The monoisotopic (exact) mass is 481 g/mol. The van der Waals surface area contributed by atoms with Crippen molar-refractivity contribution >= 4 is 10.9 Å². The number of para-hydroxylation sites is 1. The van der Waals surface area contributed by atoms with Crippen LogP contribution < -0.4 is 5.69 Å². The van der Waals surface area contributed by atoms with Gasteiger partial charge in [-0.25, -0.2) is 4.79 Å². The van der Waals surface area contributed by atoms with Crippen molar-refractivity contribution in [2.24, 2.45) is 14.1 Å². The Morgan fingerprint density at radius 1 is 0.824 bits per heavy atom. The van der Waals surface area contributed by atoms with Crippen LogP contribution in [-0.2, 0) is 45.7 Å². The molecule has 1 N–H and O–H groups in total. The number of hydrogen-bond acceptors (Lipinski definition) is 1. The summed E-state index contributed by atoms with van der Waals surface area (Å²) in [6.07, 6.45) is -7.60. The number of aromatic amines is 1. The average Bonchev–Trinajstić information content (AvgIpc) is 3.26. The zero-order valence-corrected chi connectivity index (χ0v) is 18.3. The lowest BCUT2D eigenvalue weighted by Crippen LogP contribution is -2.21. The predicted molar refractivity (Wildman–Crippen MR) is 116 cm³/mol. The second-order valence-corrected chi connectivity index (χ2v) is 8.24. The first-order valence-corrected chi connectivity index (χ1v) is 10.4. The van der Waals surface area contributed by atoms with E-state index >= 15 is 0 Å². The maximum atomic E-state index is 13.2. The Balaban J connectivity index is 1.69. The highest BCUT2D eigenvalue weighted by molar-refractivity contribution is 5.83. The topological polar surface area (TPSA) is 42.7 Å². The van der Waals surface area contributed by atoms with Gasteiger partial charge in [-0.2, -0.15) is 26.3 Å². The molecule has 10 heteroatoms. The van der Waals surface area contributed by atoms with E-state index in [4.69, 9.17) is 0 Å². The molecule has 0 fully saturated rings. The summed E-state index contributed by atoms with van der Waals surface area (Å²) in [5.41, 5.74) is -0.0536. The van der Waals surface area contributed by atoms with Crippen molar-refractivity contribution < 1.29 is 26.3 Å². The molecule has 34 heavy (non-hydrogen) atoms. The van der Waals surface area contributed by atoms with Gasteiger partial charge in [0.2, 0.25) is 0 Å². The van der Waals surface area contributed by atoms with Gasteiger partial charge in [-0.3, -0.25) is 9.13 Å². The number of H-pyrrole nitrogens is 1. The Bertz CT molecular complexity index is 1370. The van der Waals surface area contributed by atoms with Crippen LogP contribution in [0.5, 0.6) is 0 Å². The second kappa shape index (κ2) is 8.41.